The number of carboxylic acid groups (broad SMARTS) is 1. The average Bonchev–Trinajstić information content (AvgIpc) is 2.54. The number of nitrogens with zero attached hydrogens (tertiary/aromatic N) is 1. The molecule has 0 aliphatic heterocycles. The highest BCUT2D eigenvalue weighted by atomic mass is 16.4. The molecule has 0 bridgehead atoms. The maximum Gasteiger partial charge on any atom is 0.382 e. The van der Waals surface area contributed by atoms with E-state index in [1.165, 1.54) is 24.1 Å². The molecular weight excluding hydrogens is 190 g/mol. The first-order chi connectivity index (χ1) is 7.18. The normalized spacial score (nSPS) is 13.9. The molecule has 0 saturated carbocycles. The van der Waals surface area contributed by atoms with E-state index in [-0.39, 0.29) is 0 Å². The van der Waals surface area contributed by atoms with Gasteiger partial charge in [-0.15, -0.1) is 0 Å². The molecule has 1 aliphatic rings. The highest BCUT2D eigenvalue weighted by Gasteiger charge is 2.14. The number of hydrogen-bond donors (Lipinski definition) is 1. The van der Waals surface area contributed by atoms with Crippen LogP contribution in [0.3, 0.4) is 0 Å². The number of rotatable bonds is 0. The van der Waals surface area contributed by atoms with Crippen LogP contribution in [0, 0.1) is 11.8 Å². The predicted octanol–water partition coefficient (Wildman–Crippen LogP) is 1.34. The summed E-state index contributed by atoms with van der Waals surface area (Å²) in [4.78, 5) is 10.3. The SMILES string of the molecule is Cn1c(C#CC(=O)O)cc2c1CCCC2. The van der Waals surface area contributed by atoms with Crippen molar-refractivity contribution in [1.82, 2.24) is 4.57 Å². The van der Waals surface area contributed by atoms with Crippen molar-refractivity contribution in [2.45, 2.75) is 25.7 Å². The number of carbonyl (C=O) groups is 1. The molecule has 0 atom stereocenters. The zero-order valence-electron chi connectivity index (χ0n) is 8.71. The first-order valence-electron chi connectivity index (χ1n) is 5.11. The molecular formula is C12H13NO2. The topological polar surface area (TPSA) is 42.2 Å². The van der Waals surface area contributed by atoms with Crippen molar-refractivity contribution >= 4 is 5.97 Å². The second kappa shape index (κ2) is 3.82. The van der Waals surface area contributed by atoms with Gasteiger partial charge in [-0.05, 0) is 43.2 Å². The van der Waals surface area contributed by atoms with Gasteiger partial charge in [0, 0.05) is 18.7 Å². The summed E-state index contributed by atoms with van der Waals surface area (Å²) in [5.74, 6) is 3.77. The molecule has 0 aromatic carbocycles. The predicted molar refractivity (Wildman–Crippen MR) is 56.6 cm³/mol. The molecule has 0 radical (unpaired) electrons. The van der Waals surface area contributed by atoms with Gasteiger partial charge in [-0.1, -0.05) is 0 Å². The Morgan fingerprint density at radius 3 is 2.87 bits per heavy atom. The number of aromatic nitrogens is 1. The lowest BCUT2D eigenvalue weighted by Gasteiger charge is -2.12. The van der Waals surface area contributed by atoms with Crippen LogP contribution in [0.25, 0.3) is 0 Å². The van der Waals surface area contributed by atoms with Crippen molar-refractivity contribution < 1.29 is 9.90 Å². The molecule has 0 spiro atoms. The van der Waals surface area contributed by atoms with Crippen molar-refractivity contribution in [3.05, 3.63) is 23.0 Å². The summed E-state index contributed by atoms with van der Waals surface area (Å²) in [7, 11) is 1.95. The molecule has 15 heavy (non-hydrogen) atoms. The summed E-state index contributed by atoms with van der Waals surface area (Å²) in [6, 6.07) is 2.02. The van der Waals surface area contributed by atoms with Gasteiger partial charge in [0.15, 0.2) is 0 Å². The number of aliphatic carboxylic acids is 1. The molecule has 0 saturated heterocycles. The summed E-state index contributed by atoms with van der Waals surface area (Å²) >= 11 is 0. The lowest BCUT2D eigenvalue weighted by Crippen LogP contribution is -2.05. The molecule has 3 heteroatoms. The third-order valence-corrected chi connectivity index (χ3v) is 2.86. The van der Waals surface area contributed by atoms with Gasteiger partial charge in [0.1, 0.15) is 0 Å². The Hall–Kier alpha value is -1.69. The van der Waals surface area contributed by atoms with Crippen molar-refractivity contribution in [2.24, 2.45) is 7.05 Å². The average molecular weight is 203 g/mol. The van der Waals surface area contributed by atoms with Gasteiger partial charge < -0.3 is 9.67 Å². The largest absolute Gasteiger partial charge is 0.472 e. The fraction of sp³-hybridized carbons (Fsp3) is 0.417. The summed E-state index contributed by atoms with van der Waals surface area (Å²) in [6.45, 7) is 0. The molecule has 1 heterocycles. The Kier molecular flexibility index (Phi) is 2.51. The summed E-state index contributed by atoms with van der Waals surface area (Å²) in [6.07, 6.45) is 4.62. The van der Waals surface area contributed by atoms with E-state index in [2.05, 4.69) is 11.8 Å². The van der Waals surface area contributed by atoms with E-state index in [1.54, 1.807) is 0 Å². The third kappa shape index (κ3) is 1.89. The van der Waals surface area contributed by atoms with Gasteiger partial charge in [-0.3, -0.25) is 0 Å². The standard InChI is InChI=1S/C12H13NO2/c1-13-10(6-7-12(14)15)8-9-4-2-3-5-11(9)13/h8H,2-5H2,1H3,(H,14,15). The van der Waals surface area contributed by atoms with Gasteiger partial charge in [0.2, 0.25) is 0 Å². The lowest BCUT2D eigenvalue weighted by atomic mass is 9.98. The minimum absolute atomic E-state index is 0.810. The molecule has 1 N–H and O–H groups in total. The molecule has 3 nitrogen and oxygen atoms in total. The van der Waals surface area contributed by atoms with Gasteiger partial charge in [-0.25, -0.2) is 4.79 Å². The van der Waals surface area contributed by atoms with Crippen LogP contribution in [0.15, 0.2) is 6.07 Å². The highest BCUT2D eigenvalue weighted by Crippen LogP contribution is 2.23. The number of aryl methyl sites for hydroxylation is 1. The molecule has 1 aromatic rings. The smallest absolute Gasteiger partial charge is 0.382 e. The zero-order chi connectivity index (χ0) is 10.8. The second-order valence-corrected chi connectivity index (χ2v) is 3.82. The van der Waals surface area contributed by atoms with Gasteiger partial charge in [0.05, 0.1) is 5.69 Å². The first kappa shape index (κ1) is 9.85. The fourth-order valence-electron chi connectivity index (χ4n) is 2.10. The van der Waals surface area contributed by atoms with E-state index in [4.69, 9.17) is 5.11 Å². The minimum atomic E-state index is -1.07. The Morgan fingerprint density at radius 1 is 1.47 bits per heavy atom. The van der Waals surface area contributed by atoms with E-state index >= 15 is 0 Å². The van der Waals surface area contributed by atoms with Crippen LogP contribution in [-0.4, -0.2) is 15.6 Å². The fourth-order valence-corrected chi connectivity index (χ4v) is 2.10. The third-order valence-electron chi connectivity index (χ3n) is 2.86. The Labute approximate surface area is 88.7 Å². The van der Waals surface area contributed by atoms with E-state index in [0.717, 1.165) is 18.5 Å². The highest BCUT2D eigenvalue weighted by molar-refractivity contribution is 5.87. The van der Waals surface area contributed by atoms with Crippen LogP contribution in [0.4, 0.5) is 0 Å². The maximum absolute atomic E-state index is 10.3. The van der Waals surface area contributed by atoms with E-state index in [9.17, 15) is 4.79 Å². The van der Waals surface area contributed by atoms with Gasteiger partial charge in [0.25, 0.3) is 0 Å². The quantitative estimate of drug-likeness (QED) is 0.646. The van der Waals surface area contributed by atoms with Crippen molar-refractivity contribution in [3.8, 4) is 11.8 Å². The van der Waals surface area contributed by atoms with Crippen molar-refractivity contribution in [2.75, 3.05) is 0 Å². The lowest BCUT2D eigenvalue weighted by molar-refractivity contribution is -0.130. The molecule has 2 rings (SSSR count). The maximum atomic E-state index is 10.3. The number of carboxylic acids is 1. The zero-order valence-corrected chi connectivity index (χ0v) is 8.71. The van der Waals surface area contributed by atoms with Crippen molar-refractivity contribution in [3.63, 3.8) is 0 Å². The van der Waals surface area contributed by atoms with E-state index in [0.29, 0.717) is 0 Å². The molecule has 78 valence electrons. The molecule has 1 aliphatic carbocycles. The van der Waals surface area contributed by atoms with E-state index in [1.807, 2.05) is 17.7 Å². The van der Waals surface area contributed by atoms with E-state index < -0.39 is 5.97 Å². The number of hydrogen-bond acceptors (Lipinski definition) is 1. The summed E-state index contributed by atoms with van der Waals surface area (Å²) in [5.41, 5.74) is 3.46. The van der Waals surface area contributed by atoms with Gasteiger partial charge in [-0.2, -0.15) is 0 Å². The Bertz CT molecular complexity index is 460. The molecule has 0 amide bonds. The Balaban J connectivity index is 2.38. The second-order valence-electron chi connectivity index (χ2n) is 3.82. The van der Waals surface area contributed by atoms with Gasteiger partial charge >= 0.3 is 5.97 Å². The van der Waals surface area contributed by atoms with Crippen LogP contribution in [0.1, 0.15) is 29.8 Å². The Morgan fingerprint density at radius 2 is 2.20 bits per heavy atom. The first-order valence-corrected chi connectivity index (χ1v) is 5.11. The summed E-state index contributed by atoms with van der Waals surface area (Å²) in [5, 5.41) is 8.49. The van der Waals surface area contributed by atoms with Crippen LogP contribution < -0.4 is 0 Å². The summed E-state index contributed by atoms with van der Waals surface area (Å²) < 4.78 is 2.02. The minimum Gasteiger partial charge on any atom is -0.472 e. The van der Waals surface area contributed by atoms with Crippen LogP contribution in [0.5, 0.6) is 0 Å². The number of fused-ring (bicyclic) bond motifs is 1. The van der Waals surface area contributed by atoms with Crippen LogP contribution >= 0.6 is 0 Å². The molecule has 1 aromatic heterocycles. The van der Waals surface area contributed by atoms with Crippen molar-refractivity contribution in [1.29, 1.82) is 0 Å². The molecule has 0 unspecified atom stereocenters. The van der Waals surface area contributed by atoms with Crippen LogP contribution in [-0.2, 0) is 24.7 Å². The molecule has 0 fully saturated rings. The van der Waals surface area contributed by atoms with Crippen LogP contribution in [0.2, 0.25) is 0 Å². The monoisotopic (exact) mass is 203 g/mol.